The summed E-state index contributed by atoms with van der Waals surface area (Å²) in [4.78, 5) is 34.1. The average Bonchev–Trinajstić information content (AvgIpc) is 3.01. The largest absolute Gasteiger partial charge is 0.490 e. The zero-order chi connectivity index (χ0) is 26.6. The molecule has 0 amide bonds. The van der Waals surface area contributed by atoms with Gasteiger partial charge in [-0.25, -0.2) is 18.4 Å². The maximum atomic E-state index is 13.1. The van der Waals surface area contributed by atoms with Gasteiger partial charge in [-0.3, -0.25) is 4.79 Å². The van der Waals surface area contributed by atoms with Gasteiger partial charge in [0.05, 0.1) is 12.0 Å². The molecule has 1 N–H and O–H groups in total. The predicted octanol–water partition coefficient (Wildman–Crippen LogP) is 3.14. The Bertz CT molecular complexity index is 746. The van der Waals surface area contributed by atoms with Crippen molar-refractivity contribution < 1.29 is 69.2 Å². The highest BCUT2D eigenvalue weighted by molar-refractivity contribution is 5.77. The molecular weight excluding hydrogens is 489 g/mol. The molecule has 0 radical (unpaired) electrons. The lowest BCUT2D eigenvalue weighted by atomic mass is 9.94. The van der Waals surface area contributed by atoms with Crippen molar-refractivity contribution in [1.29, 1.82) is 0 Å². The van der Waals surface area contributed by atoms with Gasteiger partial charge in [0.1, 0.15) is 19.6 Å². The molecule has 1 aliphatic rings. The molecule has 3 unspecified atom stereocenters. The summed E-state index contributed by atoms with van der Waals surface area (Å²) in [6, 6.07) is 0. The lowest BCUT2D eigenvalue weighted by Crippen LogP contribution is -2.48. The van der Waals surface area contributed by atoms with Gasteiger partial charge in [0.15, 0.2) is 6.10 Å². The van der Waals surface area contributed by atoms with E-state index in [0.717, 1.165) is 6.92 Å². The SMILES string of the molecule is CC(F)(F)CC(=O)OCC(C)(COC(=O)C(F)(F)F)COC1(O)CCCC1OC(=O)C(C)(F)F. The van der Waals surface area contributed by atoms with Crippen molar-refractivity contribution >= 4 is 17.9 Å². The Hall–Kier alpha value is -2.16. The molecule has 0 heterocycles. The van der Waals surface area contributed by atoms with Gasteiger partial charge in [0.25, 0.3) is 5.92 Å². The fraction of sp³-hybridized carbons (Fsp3) is 0.842. The minimum Gasteiger partial charge on any atom is -0.465 e. The number of carbonyl (C=O) groups is 3. The van der Waals surface area contributed by atoms with Crippen LogP contribution >= 0.6 is 0 Å². The summed E-state index contributed by atoms with van der Waals surface area (Å²) in [6.45, 7) is -0.979. The predicted molar refractivity (Wildman–Crippen MR) is 96.6 cm³/mol. The molecule has 0 aromatic carbocycles. The molecule has 3 atom stereocenters. The molecule has 1 rings (SSSR count). The molecule has 8 nitrogen and oxygen atoms in total. The van der Waals surface area contributed by atoms with Crippen LogP contribution in [-0.4, -0.2) is 72.7 Å². The summed E-state index contributed by atoms with van der Waals surface area (Å²) in [5.74, 6) is -15.6. The number of hydrogen-bond donors (Lipinski definition) is 1. The van der Waals surface area contributed by atoms with Gasteiger partial charge in [-0.2, -0.15) is 22.0 Å². The van der Waals surface area contributed by atoms with E-state index in [-0.39, 0.29) is 26.2 Å². The smallest absolute Gasteiger partial charge is 0.465 e. The van der Waals surface area contributed by atoms with Crippen LogP contribution < -0.4 is 0 Å². The highest BCUT2D eigenvalue weighted by Gasteiger charge is 2.49. The van der Waals surface area contributed by atoms with Crippen LogP contribution in [0.2, 0.25) is 0 Å². The zero-order valence-corrected chi connectivity index (χ0v) is 18.5. The number of esters is 3. The molecular formula is C19H25F7O8. The summed E-state index contributed by atoms with van der Waals surface area (Å²) in [7, 11) is 0. The van der Waals surface area contributed by atoms with Crippen molar-refractivity contribution in [2.75, 3.05) is 19.8 Å². The van der Waals surface area contributed by atoms with Crippen LogP contribution in [0, 0.1) is 5.41 Å². The topological polar surface area (TPSA) is 108 Å². The van der Waals surface area contributed by atoms with E-state index in [2.05, 4.69) is 14.2 Å². The lowest BCUT2D eigenvalue weighted by Gasteiger charge is -2.35. The number of rotatable bonds is 11. The molecule has 34 heavy (non-hydrogen) atoms. The standard InChI is InChI=1S/C19H25F7O8/c1-15(9-32-14(29)19(24,25)26,8-31-12(27)7-16(2,20)21)10-33-18(30)6-4-5-11(18)34-13(28)17(3,22)23/h11,30H,4-10H2,1-3H3. The van der Waals surface area contributed by atoms with Gasteiger partial charge in [0, 0.05) is 13.3 Å². The van der Waals surface area contributed by atoms with Crippen LogP contribution in [0.15, 0.2) is 0 Å². The van der Waals surface area contributed by atoms with Crippen molar-refractivity contribution in [1.82, 2.24) is 0 Å². The lowest BCUT2D eigenvalue weighted by molar-refractivity contribution is -0.269. The molecule has 0 spiro atoms. The van der Waals surface area contributed by atoms with Crippen molar-refractivity contribution in [3.05, 3.63) is 0 Å². The molecule has 15 heteroatoms. The van der Waals surface area contributed by atoms with Crippen LogP contribution in [0.3, 0.4) is 0 Å². The van der Waals surface area contributed by atoms with E-state index in [4.69, 9.17) is 4.74 Å². The van der Waals surface area contributed by atoms with Crippen LogP contribution in [0.4, 0.5) is 30.7 Å². The summed E-state index contributed by atoms with van der Waals surface area (Å²) >= 11 is 0. The first-order chi connectivity index (χ1) is 15.2. The Morgan fingerprint density at radius 2 is 1.47 bits per heavy atom. The van der Waals surface area contributed by atoms with Crippen LogP contribution in [0.5, 0.6) is 0 Å². The zero-order valence-electron chi connectivity index (χ0n) is 18.5. The second-order valence-corrected chi connectivity index (χ2v) is 8.60. The Morgan fingerprint density at radius 3 is 1.97 bits per heavy atom. The van der Waals surface area contributed by atoms with E-state index >= 15 is 0 Å². The number of alkyl halides is 7. The number of ether oxygens (including phenoxy) is 4. The fourth-order valence-electron chi connectivity index (χ4n) is 2.78. The van der Waals surface area contributed by atoms with E-state index in [0.29, 0.717) is 6.92 Å². The van der Waals surface area contributed by atoms with Gasteiger partial charge in [-0.05, 0) is 19.8 Å². The van der Waals surface area contributed by atoms with Gasteiger partial charge in [-0.15, -0.1) is 0 Å². The average molecular weight is 514 g/mol. The third-order valence-corrected chi connectivity index (χ3v) is 4.60. The molecule has 1 aliphatic carbocycles. The maximum Gasteiger partial charge on any atom is 0.490 e. The van der Waals surface area contributed by atoms with Crippen molar-refractivity contribution in [2.45, 2.75) is 76.4 Å². The van der Waals surface area contributed by atoms with Gasteiger partial charge < -0.3 is 24.1 Å². The number of aliphatic hydroxyl groups is 1. The normalized spacial score (nSPS) is 23.2. The quantitative estimate of drug-likeness (QED) is 0.194. The Kier molecular flexibility index (Phi) is 9.33. The molecule has 1 fully saturated rings. The Morgan fingerprint density at radius 1 is 0.912 bits per heavy atom. The van der Waals surface area contributed by atoms with E-state index in [1.54, 1.807) is 0 Å². The highest BCUT2D eigenvalue weighted by atomic mass is 19.4. The Balaban J connectivity index is 2.93. The third kappa shape index (κ3) is 9.60. The summed E-state index contributed by atoms with van der Waals surface area (Å²) in [5, 5.41) is 10.6. The molecule has 0 aromatic rings. The third-order valence-electron chi connectivity index (χ3n) is 4.60. The summed E-state index contributed by atoms with van der Waals surface area (Å²) in [5.41, 5.74) is -1.80. The minimum atomic E-state index is -5.36. The van der Waals surface area contributed by atoms with E-state index in [1.165, 1.54) is 0 Å². The first kappa shape index (κ1) is 29.9. The minimum absolute atomic E-state index is 0.0847. The molecule has 1 saturated carbocycles. The monoisotopic (exact) mass is 514 g/mol. The summed E-state index contributed by atoms with van der Waals surface area (Å²) in [6.07, 6.45) is -8.42. The first-order valence-electron chi connectivity index (χ1n) is 9.90. The fourth-order valence-corrected chi connectivity index (χ4v) is 2.78. The van der Waals surface area contributed by atoms with Crippen LogP contribution in [0.25, 0.3) is 0 Å². The number of hydrogen-bond acceptors (Lipinski definition) is 8. The first-order valence-corrected chi connectivity index (χ1v) is 9.90. The number of carbonyl (C=O) groups excluding carboxylic acids is 3. The highest BCUT2D eigenvalue weighted by Crippen LogP contribution is 2.36. The van der Waals surface area contributed by atoms with Crippen molar-refractivity contribution in [2.24, 2.45) is 5.41 Å². The number of halogens is 7. The van der Waals surface area contributed by atoms with Crippen molar-refractivity contribution in [3.8, 4) is 0 Å². The second kappa shape index (κ2) is 10.6. The van der Waals surface area contributed by atoms with Gasteiger partial charge >= 0.3 is 30.0 Å². The van der Waals surface area contributed by atoms with E-state index in [9.17, 15) is 50.2 Å². The van der Waals surface area contributed by atoms with Gasteiger partial charge in [-0.1, -0.05) is 6.92 Å². The van der Waals surface area contributed by atoms with E-state index in [1.807, 2.05) is 0 Å². The second-order valence-electron chi connectivity index (χ2n) is 8.60. The maximum absolute atomic E-state index is 13.1. The Labute approximate surface area is 189 Å². The van der Waals surface area contributed by atoms with Gasteiger partial charge in [0.2, 0.25) is 5.79 Å². The van der Waals surface area contributed by atoms with Crippen LogP contribution in [0.1, 0.15) is 46.5 Å². The van der Waals surface area contributed by atoms with Crippen molar-refractivity contribution in [3.63, 3.8) is 0 Å². The molecule has 0 aromatic heterocycles. The summed E-state index contributed by atoms with van der Waals surface area (Å²) < 4.78 is 108. The van der Waals surface area contributed by atoms with Crippen LogP contribution in [-0.2, 0) is 33.3 Å². The molecule has 0 aliphatic heterocycles. The molecule has 0 bridgehead atoms. The molecule has 0 saturated heterocycles. The van der Waals surface area contributed by atoms with E-state index < -0.39 is 79.5 Å². The molecule has 198 valence electrons.